The van der Waals surface area contributed by atoms with E-state index in [1.807, 2.05) is 31.2 Å². The average Bonchev–Trinajstić information content (AvgIpc) is 2.75. The molecule has 148 valence electrons. The molecule has 3 rings (SSSR count). The molecule has 7 nitrogen and oxygen atoms in total. The molecule has 0 saturated carbocycles. The van der Waals surface area contributed by atoms with Gasteiger partial charge in [-0.3, -0.25) is 4.79 Å². The summed E-state index contributed by atoms with van der Waals surface area (Å²) in [5.74, 6) is -0.0689. The third kappa shape index (κ3) is 5.59. The van der Waals surface area contributed by atoms with Crippen LogP contribution in [0.4, 0.5) is 0 Å². The first kappa shape index (κ1) is 20.0. The van der Waals surface area contributed by atoms with Crippen LogP contribution in [0.25, 0.3) is 6.08 Å². The van der Waals surface area contributed by atoms with Crippen LogP contribution in [-0.2, 0) is 14.3 Å². The molecule has 2 aromatic carbocycles. The Balaban J connectivity index is 1.45. The van der Waals surface area contributed by atoms with Crippen LogP contribution < -0.4 is 14.8 Å². The monoisotopic (exact) mass is 392 g/mol. The fourth-order valence-corrected chi connectivity index (χ4v) is 2.62. The molecular weight excluding hydrogens is 372 g/mol. The van der Waals surface area contributed by atoms with E-state index >= 15 is 0 Å². The molecule has 1 heterocycles. The Hall–Kier alpha value is -3.79. The molecule has 2 aromatic rings. The zero-order valence-electron chi connectivity index (χ0n) is 15.9. The van der Waals surface area contributed by atoms with Gasteiger partial charge in [-0.1, -0.05) is 42.0 Å². The van der Waals surface area contributed by atoms with Crippen molar-refractivity contribution in [3.8, 4) is 17.6 Å². The first-order chi connectivity index (χ1) is 14.0. The van der Waals surface area contributed by atoms with Crippen LogP contribution >= 0.6 is 0 Å². The minimum absolute atomic E-state index is 0.178. The summed E-state index contributed by atoms with van der Waals surface area (Å²) in [5.41, 5.74) is 1.58. The molecule has 7 heteroatoms. The Kier molecular flexibility index (Phi) is 6.48. The van der Waals surface area contributed by atoms with Crippen LogP contribution in [0.2, 0.25) is 0 Å². The third-order valence-electron chi connectivity index (χ3n) is 4.16. The number of nitrogens with zero attached hydrogens (tertiary/aromatic N) is 1. The van der Waals surface area contributed by atoms with Crippen LogP contribution in [0, 0.1) is 18.3 Å². The lowest BCUT2D eigenvalue weighted by atomic mass is 10.1. The molecule has 1 N–H and O–H groups in total. The second kappa shape index (κ2) is 9.42. The fraction of sp³-hybridized carbons (Fsp3) is 0.227. The van der Waals surface area contributed by atoms with Crippen LogP contribution in [0.5, 0.6) is 11.5 Å². The van der Waals surface area contributed by atoms with E-state index in [2.05, 4.69) is 5.32 Å². The molecular formula is C22H20N2O5. The van der Waals surface area contributed by atoms with E-state index in [1.165, 1.54) is 6.08 Å². The molecule has 1 atom stereocenters. The van der Waals surface area contributed by atoms with Gasteiger partial charge >= 0.3 is 5.97 Å². The van der Waals surface area contributed by atoms with Gasteiger partial charge in [-0.05, 0) is 30.7 Å². The molecule has 0 saturated heterocycles. The van der Waals surface area contributed by atoms with Crippen molar-refractivity contribution in [3.05, 3.63) is 65.2 Å². The van der Waals surface area contributed by atoms with Crippen LogP contribution in [0.3, 0.4) is 0 Å². The second-order valence-electron chi connectivity index (χ2n) is 6.46. The number of rotatable bonds is 6. The fourth-order valence-electron chi connectivity index (χ4n) is 2.62. The average molecular weight is 392 g/mol. The predicted octanol–water partition coefficient (Wildman–Crippen LogP) is 2.40. The minimum Gasteiger partial charge on any atom is -0.486 e. The van der Waals surface area contributed by atoms with Gasteiger partial charge in [0.25, 0.3) is 5.91 Å². The second-order valence-corrected chi connectivity index (χ2v) is 6.46. The molecule has 1 aliphatic rings. The number of fused-ring (bicyclic) bond motifs is 1. The van der Waals surface area contributed by atoms with Crippen molar-refractivity contribution in [2.75, 3.05) is 19.8 Å². The molecule has 0 spiro atoms. The summed E-state index contributed by atoms with van der Waals surface area (Å²) in [6, 6.07) is 16.4. The lowest BCUT2D eigenvalue weighted by molar-refractivity contribution is -0.144. The topological polar surface area (TPSA) is 97.7 Å². The summed E-state index contributed by atoms with van der Waals surface area (Å²) in [7, 11) is 0. The van der Waals surface area contributed by atoms with Crippen molar-refractivity contribution in [2.24, 2.45) is 0 Å². The van der Waals surface area contributed by atoms with Gasteiger partial charge in [0.1, 0.15) is 24.4 Å². The van der Waals surface area contributed by atoms with Crippen molar-refractivity contribution < 1.29 is 23.8 Å². The van der Waals surface area contributed by atoms with E-state index in [0.29, 0.717) is 23.7 Å². The largest absolute Gasteiger partial charge is 0.486 e. The van der Waals surface area contributed by atoms with E-state index in [-0.39, 0.29) is 18.2 Å². The molecule has 1 amide bonds. The van der Waals surface area contributed by atoms with Crippen molar-refractivity contribution in [1.29, 1.82) is 5.26 Å². The summed E-state index contributed by atoms with van der Waals surface area (Å²) in [4.78, 5) is 24.0. The molecule has 29 heavy (non-hydrogen) atoms. The minimum atomic E-state index is -0.852. The zero-order valence-corrected chi connectivity index (χ0v) is 15.9. The van der Waals surface area contributed by atoms with Gasteiger partial charge in [0.05, 0.1) is 6.54 Å². The third-order valence-corrected chi connectivity index (χ3v) is 4.16. The molecule has 0 bridgehead atoms. The predicted molar refractivity (Wildman–Crippen MR) is 105 cm³/mol. The Morgan fingerprint density at radius 3 is 2.66 bits per heavy atom. The molecule has 0 aliphatic carbocycles. The van der Waals surface area contributed by atoms with Crippen molar-refractivity contribution >= 4 is 18.0 Å². The van der Waals surface area contributed by atoms with Crippen LogP contribution in [-0.4, -0.2) is 37.7 Å². The summed E-state index contributed by atoms with van der Waals surface area (Å²) in [5, 5.41) is 11.8. The summed E-state index contributed by atoms with van der Waals surface area (Å²) < 4.78 is 16.2. The number of esters is 1. The van der Waals surface area contributed by atoms with E-state index in [9.17, 15) is 14.9 Å². The lowest BCUT2D eigenvalue weighted by Crippen LogP contribution is -2.42. The molecule has 1 aliphatic heterocycles. The first-order valence-corrected chi connectivity index (χ1v) is 9.06. The Labute approximate surface area is 168 Å². The number of hydrogen-bond acceptors (Lipinski definition) is 6. The standard InChI is InChI=1S/C22H20N2O5/c1-15-6-8-16(9-7-15)10-17(11-23)22(26)28-14-21(25)24-12-18-13-27-19-4-2-3-5-20(19)29-18/h2-10,18H,12-14H2,1H3,(H,24,25)/b17-10+/t18-/m1/s1. The number of hydrogen-bond donors (Lipinski definition) is 1. The Morgan fingerprint density at radius 1 is 1.21 bits per heavy atom. The molecule has 0 fully saturated rings. The number of aryl methyl sites for hydroxylation is 1. The summed E-state index contributed by atoms with van der Waals surface area (Å²) in [6.45, 7) is 1.95. The zero-order chi connectivity index (χ0) is 20.6. The maximum absolute atomic E-state index is 12.1. The Bertz CT molecular complexity index is 960. The number of amides is 1. The maximum Gasteiger partial charge on any atom is 0.349 e. The van der Waals surface area contributed by atoms with Gasteiger partial charge in [0.15, 0.2) is 18.1 Å². The van der Waals surface area contributed by atoms with Crippen molar-refractivity contribution in [3.63, 3.8) is 0 Å². The van der Waals surface area contributed by atoms with Crippen molar-refractivity contribution in [1.82, 2.24) is 5.32 Å². The van der Waals surface area contributed by atoms with E-state index < -0.39 is 18.5 Å². The molecule has 0 unspecified atom stereocenters. The van der Waals surface area contributed by atoms with Crippen LogP contribution in [0.1, 0.15) is 11.1 Å². The first-order valence-electron chi connectivity index (χ1n) is 9.06. The number of nitrogens with one attached hydrogen (secondary N) is 1. The summed E-state index contributed by atoms with van der Waals surface area (Å²) >= 11 is 0. The lowest BCUT2D eigenvalue weighted by Gasteiger charge is -2.26. The number of para-hydroxylation sites is 2. The van der Waals surface area contributed by atoms with Gasteiger partial charge in [-0.2, -0.15) is 5.26 Å². The highest BCUT2D eigenvalue weighted by atomic mass is 16.6. The highest BCUT2D eigenvalue weighted by Crippen LogP contribution is 2.30. The van der Waals surface area contributed by atoms with E-state index in [4.69, 9.17) is 14.2 Å². The maximum atomic E-state index is 12.1. The van der Waals surface area contributed by atoms with Crippen molar-refractivity contribution in [2.45, 2.75) is 13.0 Å². The van der Waals surface area contributed by atoms with Gasteiger partial charge in [0, 0.05) is 0 Å². The number of benzene rings is 2. The SMILES string of the molecule is Cc1ccc(/C=C(\C#N)C(=O)OCC(=O)NC[C@@H]2COc3ccccc3O2)cc1. The molecule has 0 radical (unpaired) electrons. The number of nitriles is 1. The summed E-state index contributed by atoms with van der Waals surface area (Å²) in [6.07, 6.45) is 1.07. The van der Waals surface area contributed by atoms with E-state index in [0.717, 1.165) is 5.56 Å². The van der Waals surface area contributed by atoms with Gasteiger partial charge < -0.3 is 19.5 Å². The van der Waals surface area contributed by atoms with Gasteiger partial charge in [0.2, 0.25) is 0 Å². The smallest absolute Gasteiger partial charge is 0.349 e. The van der Waals surface area contributed by atoms with Gasteiger partial charge in [-0.25, -0.2) is 4.79 Å². The van der Waals surface area contributed by atoms with E-state index in [1.54, 1.807) is 30.3 Å². The number of carbonyl (C=O) groups is 2. The highest BCUT2D eigenvalue weighted by molar-refractivity contribution is 5.98. The van der Waals surface area contributed by atoms with Gasteiger partial charge in [-0.15, -0.1) is 0 Å². The Morgan fingerprint density at radius 2 is 1.93 bits per heavy atom. The quantitative estimate of drug-likeness (QED) is 0.461. The van der Waals surface area contributed by atoms with Crippen LogP contribution in [0.15, 0.2) is 54.1 Å². The number of ether oxygens (including phenoxy) is 3. The normalized spacial score (nSPS) is 15.2. The number of carbonyl (C=O) groups excluding carboxylic acids is 2. The molecule has 0 aromatic heterocycles. The highest BCUT2D eigenvalue weighted by Gasteiger charge is 2.21.